The molecule has 1 aliphatic carbocycles. The lowest BCUT2D eigenvalue weighted by Crippen LogP contribution is -2.17. The lowest BCUT2D eigenvalue weighted by Gasteiger charge is -2.15. The molecule has 3 heteroatoms. The lowest BCUT2D eigenvalue weighted by atomic mass is 9.95. The third-order valence-corrected chi connectivity index (χ3v) is 5.12. The van der Waals surface area contributed by atoms with Gasteiger partial charge in [0.15, 0.2) is 0 Å². The molecule has 1 saturated carbocycles. The minimum Gasteiger partial charge on any atom is -0.395 e. The molecule has 1 nitrogen and oxygen atoms in total. The summed E-state index contributed by atoms with van der Waals surface area (Å²) in [6.45, 7) is 4.71. The van der Waals surface area contributed by atoms with E-state index in [0.29, 0.717) is 0 Å². The van der Waals surface area contributed by atoms with Crippen LogP contribution in [0.1, 0.15) is 25.1 Å². The number of halogens is 1. The highest BCUT2D eigenvalue weighted by molar-refractivity contribution is 9.10. The first-order valence-electron chi connectivity index (χ1n) is 4.37. The van der Waals surface area contributed by atoms with Gasteiger partial charge in [-0.25, -0.2) is 0 Å². The molecule has 1 aromatic rings. The van der Waals surface area contributed by atoms with E-state index in [1.165, 1.54) is 4.88 Å². The summed E-state index contributed by atoms with van der Waals surface area (Å²) in [4.78, 5) is 1.31. The van der Waals surface area contributed by atoms with E-state index in [1.807, 2.05) is 0 Å². The van der Waals surface area contributed by atoms with Crippen LogP contribution in [-0.2, 0) is 5.41 Å². The van der Waals surface area contributed by atoms with Crippen LogP contribution in [0, 0.1) is 5.41 Å². The van der Waals surface area contributed by atoms with E-state index >= 15 is 0 Å². The minimum absolute atomic E-state index is 0.0453. The van der Waals surface area contributed by atoms with Crippen molar-refractivity contribution < 1.29 is 5.11 Å². The van der Waals surface area contributed by atoms with Gasteiger partial charge in [0, 0.05) is 20.1 Å². The minimum atomic E-state index is 0.0453. The SMILES string of the molecule is CC1(C)CC1(CO)c1cc(Br)cs1. The van der Waals surface area contributed by atoms with Crippen LogP contribution in [0.5, 0.6) is 0 Å². The van der Waals surface area contributed by atoms with E-state index in [1.54, 1.807) is 11.3 Å². The predicted molar refractivity (Wildman–Crippen MR) is 59.2 cm³/mol. The van der Waals surface area contributed by atoms with Gasteiger partial charge in [-0.05, 0) is 33.8 Å². The van der Waals surface area contributed by atoms with Gasteiger partial charge >= 0.3 is 0 Å². The van der Waals surface area contributed by atoms with E-state index < -0.39 is 0 Å². The van der Waals surface area contributed by atoms with Crippen molar-refractivity contribution in [3.05, 3.63) is 20.8 Å². The van der Waals surface area contributed by atoms with Crippen molar-refractivity contribution in [1.82, 2.24) is 0 Å². The highest BCUT2D eigenvalue weighted by atomic mass is 79.9. The Morgan fingerprint density at radius 2 is 2.23 bits per heavy atom. The molecular formula is C10H13BrOS. The Hall–Kier alpha value is 0.140. The van der Waals surface area contributed by atoms with Gasteiger partial charge in [0.2, 0.25) is 0 Å². The van der Waals surface area contributed by atoms with E-state index in [9.17, 15) is 5.11 Å². The maximum absolute atomic E-state index is 9.45. The zero-order valence-electron chi connectivity index (χ0n) is 7.80. The number of hydrogen-bond donors (Lipinski definition) is 1. The van der Waals surface area contributed by atoms with Crippen LogP contribution in [0.3, 0.4) is 0 Å². The first-order chi connectivity index (χ1) is 6.02. The van der Waals surface area contributed by atoms with E-state index in [-0.39, 0.29) is 17.4 Å². The second-order valence-electron chi connectivity index (χ2n) is 4.43. The predicted octanol–water partition coefficient (Wildman–Crippen LogP) is 3.17. The van der Waals surface area contributed by atoms with Gasteiger partial charge in [0.1, 0.15) is 0 Å². The fraction of sp³-hybridized carbons (Fsp3) is 0.600. The Labute approximate surface area is 90.9 Å². The second-order valence-corrected chi connectivity index (χ2v) is 6.26. The van der Waals surface area contributed by atoms with Crippen LogP contribution in [-0.4, -0.2) is 11.7 Å². The standard InChI is InChI=1S/C10H13BrOS/c1-9(2)5-10(9,6-12)8-3-7(11)4-13-8/h3-4,12H,5-6H2,1-2H3. The van der Waals surface area contributed by atoms with Gasteiger partial charge < -0.3 is 5.11 Å². The molecule has 2 rings (SSSR count). The summed E-state index contributed by atoms with van der Waals surface area (Å²) in [6, 6.07) is 2.13. The average Bonchev–Trinajstić information content (AvgIpc) is 2.43. The molecule has 1 atom stereocenters. The van der Waals surface area contributed by atoms with Crippen LogP contribution in [0.4, 0.5) is 0 Å². The number of hydrogen-bond acceptors (Lipinski definition) is 2. The third-order valence-electron chi connectivity index (χ3n) is 3.22. The zero-order chi connectivity index (χ0) is 9.69. The van der Waals surface area contributed by atoms with Crippen molar-refractivity contribution in [2.45, 2.75) is 25.7 Å². The summed E-state index contributed by atoms with van der Waals surface area (Å²) in [6.07, 6.45) is 1.10. The molecule has 0 amide bonds. The smallest absolute Gasteiger partial charge is 0.0541 e. The lowest BCUT2D eigenvalue weighted by molar-refractivity contribution is 0.233. The average molecular weight is 261 g/mol. The van der Waals surface area contributed by atoms with Gasteiger partial charge in [-0.2, -0.15) is 0 Å². The van der Waals surface area contributed by atoms with Gasteiger partial charge in [-0.1, -0.05) is 13.8 Å². The molecule has 72 valence electrons. The summed E-state index contributed by atoms with van der Waals surface area (Å²) in [5.74, 6) is 0. The fourth-order valence-corrected chi connectivity index (χ4v) is 3.84. The monoisotopic (exact) mass is 260 g/mol. The summed E-state index contributed by atoms with van der Waals surface area (Å²) in [5.41, 5.74) is 0.315. The molecule has 0 aliphatic heterocycles. The summed E-state index contributed by atoms with van der Waals surface area (Å²) in [7, 11) is 0. The molecule has 0 radical (unpaired) electrons. The van der Waals surface area contributed by atoms with E-state index in [4.69, 9.17) is 0 Å². The first kappa shape index (κ1) is 9.69. The van der Waals surface area contributed by atoms with Crippen molar-refractivity contribution in [2.24, 2.45) is 5.41 Å². The normalized spacial score (nSPS) is 30.5. The van der Waals surface area contributed by atoms with Crippen LogP contribution in [0.2, 0.25) is 0 Å². The highest BCUT2D eigenvalue weighted by Crippen LogP contribution is 2.65. The molecule has 1 N–H and O–H groups in total. The molecule has 1 heterocycles. The van der Waals surface area contributed by atoms with Gasteiger partial charge in [-0.3, -0.25) is 0 Å². The van der Waals surface area contributed by atoms with Gasteiger partial charge in [0.05, 0.1) is 6.61 Å². The number of rotatable bonds is 2. The largest absolute Gasteiger partial charge is 0.395 e. The molecular weight excluding hydrogens is 248 g/mol. The Kier molecular flexibility index (Phi) is 2.10. The van der Waals surface area contributed by atoms with Crippen molar-refractivity contribution in [3.8, 4) is 0 Å². The number of aliphatic hydroxyl groups is 1. The summed E-state index contributed by atoms with van der Waals surface area (Å²) < 4.78 is 1.13. The van der Waals surface area contributed by atoms with E-state index in [0.717, 1.165) is 10.9 Å². The molecule has 1 fully saturated rings. The van der Waals surface area contributed by atoms with Crippen molar-refractivity contribution in [1.29, 1.82) is 0 Å². The first-order valence-corrected chi connectivity index (χ1v) is 6.04. The quantitative estimate of drug-likeness (QED) is 0.867. The Morgan fingerprint density at radius 3 is 2.54 bits per heavy atom. The topological polar surface area (TPSA) is 20.2 Å². The Bertz CT molecular complexity index is 331. The summed E-state index contributed by atoms with van der Waals surface area (Å²) >= 11 is 5.19. The van der Waals surface area contributed by atoms with Crippen molar-refractivity contribution >= 4 is 27.3 Å². The molecule has 1 unspecified atom stereocenters. The maximum atomic E-state index is 9.45. The highest BCUT2D eigenvalue weighted by Gasteiger charge is 2.62. The second kappa shape index (κ2) is 2.81. The van der Waals surface area contributed by atoms with Crippen molar-refractivity contribution in [2.75, 3.05) is 6.61 Å². The van der Waals surface area contributed by atoms with Crippen LogP contribution < -0.4 is 0 Å². The molecule has 13 heavy (non-hydrogen) atoms. The zero-order valence-corrected chi connectivity index (χ0v) is 10.2. The molecule has 0 spiro atoms. The van der Waals surface area contributed by atoms with Gasteiger partial charge in [0.25, 0.3) is 0 Å². The maximum Gasteiger partial charge on any atom is 0.0541 e. The number of thiophene rings is 1. The van der Waals surface area contributed by atoms with Crippen LogP contribution in [0.15, 0.2) is 15.9 Å². The molecule has 0 bridgehead atoms. The molecule has 1 aliphatic rings. The molecule has 0 saturated heterocycles. The van der Waals surface area contributed by atoms with E-state index in [2.05, 4.69) is 41.2 Å². The summed E-state index contributed by atoms with van der Waals surface area (Å²) in [5, 5.41) is 11.5. The number of aliphatic hydroxyl groups excluding tert-OH is 1. The van der Waals surface area contributed by atoms with Crippen LogP contribution >= 0.6 is 27.3 Å². The van der Waals surface area contributed by atoms with Gasteiger partial charge in [-0.15, -0.1) is 11.3 Å². The third kappa shape index (κ3) is 1.29. The van der Waals surface area contributed by atoms with Crippen molar-refractivity contribution in [3.63, 3.8) is 0 Å². The van der Waals surface area contributed by atoms with Crippen LogP contribution in [0.25, 0.3) is 0 Å². The fourth-order valence-electron chi connectivity index (χ4n) is 2.04. The Balaban J connectivity index is 2.35. The Morgan fingerprint density at radius 1 is 1.62 bits per heavy atom. The molecule has 0 aromatic carbocycles. The molecule has 1 aromatic heterocycles.